The Morgan fingerprint density at radius 1 is 1.04 bits per heavy atom. The number of aryl methyl sites for hydroxylation is 1. The Labute approximate surface area is 135 Å². The van der Waals surface area contributed by atoms with E-state index in [0.717, 1.165) is 11.1 Å². The number of urea groups is 1. The van der Waals surface area contributed by atoms with Crippen LogP contribution in [-0.2, 0) is 0 Å². The van der Waals surface area contributed by atoms with E-state index >= 15 is 0 Å². The third-order valence-electron chi connectivity index (χ3n) is 4.05. The van der Waals surface area contributed by atoms with Gasteiger partial charge >= 0.3 is 6.03 Å². The Balaban J connectivity index is 1.99. The number of ketones is 1. The van der Waals surface area contributed by atoms with Gasteiger partial charge in [-0.2, -0.15) is 0 Å². The summed E-state index contributed by atoms with van der Waals surface area (Å²) in [6, 6.07) is 16.1. The van der Waals surface area contributed by atoms with Crippen LogP contribution < -0.4 is 10.6 Å². The maximum atomic E-state index is 12.9. The van der Waals surface area contributed by atoms with Crippen molar-refractivity contribution in [3.05, 3.63) is 83.6 Å². The number of rotatable bonds is 3. The molecule has 4 heteroatoms. The van der Waals surface area contributed by atoms with Crippen LogP contribution >= 0.6 is 0 Å². The van der Waals surface area contributed by atoms with Gasteiger partial charge in [0.05, 0.1) is 12.0 Å². The van der Waals surface area contributed by atoms with Crippen molar-refractivity contribution in [3.63, 3.8) is 0 Å². The molecule has 0 radical (unpaired) electrons. The van der Waals surface area contributed by atoms with Gasteiger partial charge in [-0.3, -0.25) is 4.79 Å². The minimum Gasteiger partial charge on any atom is -0.330 e. The van der Waals surface area contributed by atoms with Crippen molar-refractivity contribution in [2.24, 2.45) is 5.92 Å². The summed E-state index contributed by atoms with van der Waals surface area (Å²) < 4.78 is 0. The van der Waals surface area contributed by atoms with E-state index in [1.807, 2.05) is 49.4 Å². The Morgan fingerprint density at radius 3 is 2.35 bits per heavy atom. The lowest BCUT2D eigenvalue weighted by Crippen LogP contribution is -2.50. The fourth-order valence-corrected chi connectivity index (χ4v) is 2.83. The van der Waals surface area contributed by atoms with Gasteiger partial charge in [-0.15, -0.1) is 0 Å². The molecule has 2 unspecified atom stereocenters. The van der Waals surface area contributed by atoms with Crippen molar-refractivity contribution in [2.75, 3.05) is 0 Å². The van der Waals surface area contributed by atoms with Gasteiger partial charge < -0.3 is 10.6 Å². The van der Waals surface area contributed by atoms with E-state index in [2.05, 4.69) is 17.2 Å². The minimum absolute atomic E-state index is 0.0614. The summed E-state index contributed by atoms with van der Waals surface area (Å²) in [7, 11) is 0. The molecular weight excluding hydrogens is 288 g/mol. The number of benzene rings is 2. The van der Waals surface area contributed by atoms with Crippen LogP contribution in [0.5, 0.6) is 0 Å². The molecule has 1 aliphatic heterocycles. The summed E-state index contributed by atoms with van der Waals surface area (Å²) in [6.45, 7) is 5.89. The number of hydrogen-bond acceptors (Lipinski definition) is 2. The SMILES string of the molecule is C=C1NC(=O)NC(c2ccc(C)cc2)C1C(=O)c1ccccc1. The number of carbonyl (C=O) groups is 2. The lowest BCUT2D eigenvalue weighted by Gasteiger charge is -2.34. The van der Waals surface area contributed by atoms with Crippen LogP contribution in [0.25, 0.3) is 0 Å². The lowest BCUT2D eigenvalue weighted by atomic mass is 9.83. The molecule has 0 bridgehead atoms. The van der Waals surface area contributed by atoms with Gasteiger partial charge in [0, 0.05) is 11.3 Å². The highest BCUT2D eigenvalue weighted by Gasteiger charge is 2.37. The van der Waals surface area contributed by atoms with Gasteiger partial charge in [0.15, 0.2) is 5.78 Å². The van der Waals surface area contributed by atoms with E-state index in [9.17, 15) is 9.59 Å². The van der Waals surface area contributed by atoms with Crippen LogP contribution in [0, 0.1) is 12.8 Å². The Hall–Kier alpha value is -2.88. The summed E-state index contributed by atoms with van der Waals surface area (Å²) in [4.78, 5) is 24.7. The first-order chi connectivity index (χ1) is 11.1. The summed E-state index contributed by atoms with van der Waals surface area (Å²) in [6.07, 6.45) is 0. The first-order valence-corrected chi connectivity index (χ1v) is 7.48. The monoisotopic (exact) mass is 306 g/mol. The van der Waals surface area contributed by atoms with Crippen LogP contribution in [0.3, 0.4) is 0 Å². The maximum absolute atomic E-state index is 12.9. The molecule has 2 amide bonds. The minimum atomic E-state index is -0.544. The highest BCUT2D eigenvalue weighted by atomic mass is 16.2. The molecule has 2 aromatic carbocycles. The number of nitrogens with one attached hydrogen (secondary N) is 2. The predicted molar refractivity (Wildman–Crippen MR) is 89.0 cm³/mol. The second-order valence-corrected chi connectivity index (χ2v) is 5.72. The Morgan fingerprint density at radius 2 is 1.70 bits per heavy atom. The predicted octanol–water partition coefficient (Wildman–Crippen LogP) is 3.36. The summed E-state index contributed by atoms with van der Waals surface area (Å²) in [5, 5.41) is 5.48. The van der Waals surface area contributed by atoms with Crippen molar-refractivity contribution in [2.45, 2.75) is 13.0 Å². The highest BCUT2D eigenvalue weighted by Crippen LogP contribution is 2.32. The first kappa shape index (κ1) is 15.0. The topological polar surface area (TPSA) is 58.2 Å². The van der Waals surface area contributed by atoms with Gasteiger partial charge in [-0.25, -0.2) is 4.79 Å². The van der Waals surface area contributed by atoms with Crippen molar-refractivity contribution >= 4 is 11.8 Å². The van der Waals surface area contributed by atoms with Gasteiger partial charge in [-0.05, 0) is 12.5 Å². The molecule has 1 saturated heterocycles. The molecular formula is C19H18N2O2. The molecule has 2 N–H and O–H groups in total. The van der Waals surface area contributed by atoms with Gasteiger partial charge in [0.2, 0.25) is 0 Å². The number of Topliss-reactive ketones (excluding diaryl/α,β-unsaturated/α-hetero) is 1. The first-order valence-electron chi connectivity index (χ1n) is 7.48. The molecule has 4 nitrogen and oxygen atoms in total. The van der Waals surface area contributed by atoms with E-state index < -0.39 is 12.0 Å². The summed E-state index contributed by atoms with van der Waals surface area (Å²) in [5.74, 6) is -0.605. The van der Waals surface area contributed by atoms with Crippen LogP contribution in [0.4, 0.5) is 4.79 Å². The Kier molecular flexibility index (Phi) is 3.98. The molecule has 0 saturated carbocycles. The van der Waals surface area contributed by atoms with Crippen molar-refractivity contribution < 1.29 is 9.59 Å². The molecule has 1 fully saturated rings. The van der Waals surface area contributed by atoms with E-state index in [1.165, 1.54) is 0 Å². The van der Waals surface area contributed by atoms with Gasteiger partial charge in [0.1, 0.15) is 0 Å². The fourth-order valence-electron chi connectivity index (χ4n) is 2.83. The average molecular weight is 306 g/mol. The quantitative estimate of drug-likeness (QED) is 0.854. The number of hydrogen-bond donors (Lipinski definition) is 2. The average Bonchev–Trinajstić information content (AvgIpc) is 2.55. The van der Waals surface area contributed by atoms with Crippen molar-refractivity contribution in [3.8, 4) is 0 Å². The largest absolute Gasteiger partial charge is 0.330 e. The zero-order valence-corrected chi connectivity index (χ0v) is 12.9. The molecule has 2 atom stereocenters. The van der Waals surface area contributed by atoms with Crippen LogP contribution in [-0.4, -0.2) is 11.8 Å². The van der Waals surface area contributed by atoms with Gasteiger partial charge in [0.25, 0.3) is 0 Å². The van der Waals surface area contributed by atoms with Crippen LogP contribution in [0.15, 0.2) is 66.9 Å². The molecule has 3 rings (SSSR count). The molecule has 0 aromatic heterocycles. The van der Waals surface area contributed by atoms with Gasteiger partial charge in [-0.1, -0.05) is 66.7 Å². The zero-order valence-electron chi connectivity index (χ0n) is 12.9. The normalized spacial score (nSPS) is 20.6. The van der Waals surface area contributed by atoms with E-state index in [0.29, 0.717) is 11.3 Å². The molecule has 2 aromatic rings. The lowest BCUT2D eigenvalue weighted by molar-refractivity contribution is 0.0905. The second kappa shape index (κ2) is 6.08. The smallest absolute Gasteiger partial charge is 0.319 e. The second-order valence-electron chi connectivity index (χ2n) is 5.72. The molecule has 0 aliphatic carbocycles. The number of carbonyl (C=O) groups excluding carboxylic acids is 2. The third kappa shape index (κ3) is 3.01. The highest BCUT2D eigenvalue weighted by molar-refractivity contribution is 6.01. The standard InChI is InChI=1S/C19H18N2O2/c1-12-8-10-14(11-9-12)17-16(13(2)20-19(23)21-17)18(22)15-6-4-3-5-7-15/h3-11,16-17H,2H2,1H3,(H2,20,21,23). The maximum Gasteiger partial charge on any atom is 0.319 e. The van der Waals surface area contributed by atoms with E-state index in [-0.39, 0.29) is 11.8 Å². The number of amides is 2. The molecule has 116 valence electrons. The van der Waals surface area contributed by atoms with E-state index in [1.54, 1.807) is 12.1 Å². The van der Waals surface area contributed by atoms with Crippen molar-refractivity contribution in [1.29, 1.82) is 0 Å². The molecule has 0 spiro atoms. The fraction of sp³-hybridized carbons (Fsp3) is 0.158. The Bertz CT molecular complexity index is 751. The molecule has 23 heavy (non-hydrogen) atoms. The van der Waals surface area contributed by atoms with Crippen LogP contribution in [0.2, 0.25) is 0 Å². The third-order valence-corrected chi connectivity index (χ3v) is 4.05. The van der Waals surface area contributed by atoms with Crippen LogP contribution in [0.1, 0.15) is 27.5 Å². The summed E-state index contributed by atoms with van der Waals surface area (Å²) in [5.41, 5.74) is 3.04. The molecule has 1 heterocycles. The van der Waals surface area contributed by atoms with E-state index in [4.69, 9.17) is 0 Å². The zero-order chi connectivity index (χ0) is 16.4. The summed E-state index contributed by atoms with van der Waals surface area (Å²) >= 11 is 0. The molecule has 1 aliphatic rings. The van der Waals surface area contributed by atoms with Crippen molar-refractivity contribution in [1.82, 2.24) is 10.6 Å².